The third kappa shape index (κ3) is 32.0. The predicted molar refractivity (Wildman–Crippen MR) is 411 cm³/mol. The van der Waals surface area contributed by atoms with E-state index in [2.05, 4.69) is 63.8 Å². The van der Waals surface area contributed by atoms with Crippen LogP contribution in [0, 0.1) is 0 Å². The number of ether oxygens (including phenoxy) is 8. The van der Waals surface area contributed by atoms with Gasteiger partial charge in [0.2, 0.25) is 94.5 Å². The molecule has 33 N–H and O–H groups in total. The zero-order valence-corrected chi connectivity index (χ0v) is 69.3. The average Bonchev–Trinajstić information content (AvgIpc) is 0.776. The SMILES string of the molecule is CC(=O)NC1C(OC2C(CO)OC(O)C(NC(C)=O)C2OC(C)C(=O)NC(C)C(=O)NC(CCC(=O)NC(CCCC(NC(=O)C(C)NC(=O)C(CCCC(N)C(N)=O)NC(=O)CCC(NC(=O)C(C)NC(=O)C(C)OC2C(NC(C)=O)C(O)OC(CO)C2OC2OC(CO)C(O)C(O)C2NC(C)=O)C(N)=O)C(N)=O)C(=O)O)C(N)=O)OC(CO)C(O)C1O. The van der Waals surface area contributed by atoms with Crippen LogP contribution in [0.2, 0.25) is 0 Å². The van der Waals surface area contributed by atoms with Crippen LogP contribution in [0.5, 0.6) is 0 Å². The van der Waals surface area contributed by atoms with Crippen LogP contribution < -0.4 is 92.5 Å². The van der Waals surface area contributed by atoms with Crippen LogP contribution in [0.3, 0.4) is 0 Å². The summed E-state index contributed by atoms with van der Waals surface area (Å²) in [5.74, 6) is -17.5. The van der Waals surface area contributed by atoms with Crippen LogP contribution in [-0.4, -0.2) is 372 Å². The monoisotopic (exact) mass is 1790 g/mol. The van der Waals surface area contributed by atoms with Crippen molar-refractivity contribution < 1.29 is 176 Å². The van der Waals surface area contributed by atoms with E-state index in [9.17, 15) is 138 Å². The molecule has 4 rings (SSSR count). The number of aliphatic hydroxyl groups is 10. The number of amides is 16. The molecule has 4 fully saturated rings. The molecule has 4 aliphatic rings. The molecule has 53 nitrogen and oxygen atoms in total. The summed E-state index contributed by atoms with van der Waals surface area (Å²) >= 11 is 0. The van der Waals surface area contributed by atoms with Gasteiger partial charge in [0.1, 0.15) is 158 Å². The third-order valence-electron chi connectivity index (χ3n) is 20.2. The Kier molecular flexibility index (Phi) is 43.3. The molecule has 0 aromatic carbocycles. The van der Waals surface area contributed by atoms with Crippen molar-refractivity contribution in [2.75, 3.05) is 26.4 Å². The van der Waals surface area contributed by atoms with Crippen LogP contribution >= 0.6 is 0 Å². The molecule has 704 valence electrons. The highest BCUT2D eigenvalue weighted by Gasteiger charge is 2.56. The van der Waals surface area contributed by atoms with Crippen LogP contribution in [0.4, 0.5) is 0 Å². The van der Waals surface area contributed by atoms with Crippen molar-refractivity contribution in [2.24, 2.45) is 28.7 Å². The van der Waals surface area contributed by atoms with Gasteiger partial charge in [0.05, 0.1) is 32.5 Å². The quantitative estimate of drug-likeness (QED) is 0.0269. The van der Waals surface area contributed by atoms with Crippen LogP contribution in [0.15, 0.2) is 0 Å². The number of aliphatic hydroxyl groups excluding tert-OH is 10. The predicted octanol–water partition coefficient (Wildman–Crippen LogP) is -16.2. The van der Waals surface area contributed by atoms with Gasteiger partial charge in [-0.25, -0.2) is 4.79 Å². The molecule has 0 bridgehead atoms. The second kappa shape index (κ2) is 50.4. The summed E-state index contributed by atoms with van der Waals surface area (Å²) in [6.45, 7) is 6.30. The lowest BCUT2D eigenvalue weighted by molar-refractivity contribution is -0.333. The number of carbonyl (C=O) groups is 17. The molecule has 4 aliphatic heterocycles. The highest BCUT2D eigenvalue weighted by Crippen LogP contribution is 2.34. The molecule has 4 saturated heterocycles. The van der Waals surface area contributed by atoms with Crippen LogP contribution in [0.1, 0.15) is 127 Å². The number of nitrogens with two attached hydrogens (primary N) is 5. The first-order chi connectivity index (χ1) is 58.0. The fraction of sp³-hybridized carbons (Fsp3) is 0.761. The highest BCUT2D eigenvalue weighted by atomic mass is 16.7. The highest BCUT2D eigenvalue weighted by molar-refractivity contribution is 5.96. The topological polar surface area (TPSA) is 861 Å². The molecule has 0 aromatic heterocycles. The van der Waals surface area contributed by atoms with Gasteiger partial charge in [-0.15, -0.1) is 0 Å². The zero-order valence-electron chi connectivity index (χ0n) is 69.3. The van der Waals surface area contributed by atoms with Gasteiger partial charge in [0.15, 0.2) is 25.2 Å². The maximum Gasteiger partial charge on any atom is 0.326 e. The smallest absolute Gasteiger partial charge is 0.326 e. The van der Waals surface area contributed by atoms with Crippen molar-refractivity contribution in [1.29, 1.82) is 0 Å². The Labute approximate surface area is 708 Å². The van der Waals surface area contributed by atoms with Crippen LogP contribution in [0.25, 0.3) is 0 Å². The Morgan fingerprint density at radius 3 is 0.976 bits per heavy atom. The number of nitrogens with one attached hydrogen (secondary N) is 12. The average molecular weight is 1790 g/mol. The summed E-state index contributed by atoms with van der Waals surface area (Å²) in [6.07, 6.45) is -35.0. The minimum atomic E-state index is -1.97. The van der Waals surface area contributed by atoms with Crippen molar-refractivity contribution in [1.82, 2.24) is 63.8 Å². The molecular weight excluding hydrogens is 1670 g/mol. The van der Waals surface area contributed by atoms with Gasteiger partial charge in [-0.05, 0) is 86.0 Å². The maximum atomic E-state index is 13.9. The van der Waals surface area contributed by atoms with E-state index in [1.54, 1.807) is 0 Å². The minimum Gasteiger partial charge on any atom is -0.480 e. The first-order valence-corrected chi connectivity index (χ1v) is 39.4. The zero-order chi connectivity index (χ0) is 93.8. The normalized spacial score (nSPS) is 28.8. The standard InChI is InChI=1S/C71H119N17O36/c1-24(77-64(110)27(4)117-55-47(82-31(8)95)68(115)119-41(22-91)53(55)123-70-45(80-29(6)93)51(101)49(99)39(20-89)121-70)61(107)87-35(59(75)105)16-18-43(97)84-37(14-10-12-33(72)57(73)103)66(112)79-26(3)63(109)86-34(58(74)104)13-11-15-38(67(113)114)85-44(98)19-17-36(60(76)106)88-62(108)25(2)78-65(111)28(5)118-56-48(83-32(9)96)69(116)120-42(23-92)54(56)124-71-46(81-30(7)94)52(102)50(100)40(21-90)122-71/h24-28,33-42,45-56,68-71,89-92,99-102,115-116H,10-23,72H2,1-9H3,(H2,73,103)(H2,74,104)(H2,75,105)(H2,76,106)(H,77,110)(H,78,111)(H,79,112)(H,80,93)(H,81,94)(H,82,95)(H,83,96)(H,84,97)(H,85,98)(H,86,109)(H,87,107)(H,88,108)(H,113,114). The van der Waals surface area contributed by atoms with Crippen LogP contribution in [-0.2, 0) is 119 Å². The summed E-state index contributed by atoms with van der Waals surface area (Å²) < 4.78 is 46.5. The number of carboxylic acids is 1. The molecule has 0 aliphatic carbocycles. The van der Waals surface area contributed by atoms with Gasteiger partial charge in [0, 0.05) is 40.5 Å². The van der Waals surface area contributed by atoms with E-state index < -0.39 is 348 Å². The molecule has 16 amide bonds. The van der Waals surface area contributed by atoms with Crippen molar-refractivity contribution in [2.45, 2.75) is 316 Å². The van der Waals surface area contributed by atoms with E-state index in [0.29, 0.717) is 0 Å². The first kappa shape index (κ1) is 107. The van der Waals surface area contributed by atoms with Crippen molar-refractivity contribution in [3.63, 3.8) is 0 Å². The maximum absolute atomic E-state index is 13.9. The summed E-state index contributed by atoms with van der Waals surface area (Å²) in [7, 11) is 0. The lowest BCUT2D eigenvalue weighted by atomic mass is 9.94. The number of hydrogen-bond acceptors (Lipinski definition) is 36. The van der Waals surface area contributed by atoms with Crippen molar-refractivity contribution in [3.8, 4) is 0 Å². The fourth-order valence-electron chi connectivity index (χ4n) is 13.4. The Bertz CT molecular complexity index is 3690. The van der Waals surface area contributed by atoms with Gasteiger partial charge in [-0.1, -0.05) is 0 Å². The summed E-state index contributed by atoms with van der Waals surface area (Å²) in [6, 6.07) is -20.3. The third-order valence-corrected chi connectivity index (χ3v) is 20.2. The summed E-state index contributed by atoms with van der Waals surface area (Å²) in [4.78, 5) is 220. The van der Waals surface area contributed by atoms with E-state index in [-0.39, 0.29) is 32.1 Å². The molecule has 31 atom stereocenters. The number of carboxylic acid groups (broad SMARTS) is 1. The number of hydrogen-bond donors (Lipinski definition) is 28. The first-order valence-electron chi connectivity index (χ1n) is 39.4. The lowest BCUT2D eigenvalue weighted by Gasteiger charge is -2.48. The Hall–Kier alpha value is -9.77. The molecule has 53 heteroatoms. The Balaban J connectivity index is 1.35. The molecule has 31 unspecified atom stereocenters. The van der Waals surface area contributed by atoms with Gasteiger partial charge in [-0.2, -0.15) is 0 Å². The molecule has 124 heavy (non-hydrogen) atoms. The van der Waals surface area contributed by atoms with Gasteiger partial charge in [0.25, 0.3) is 0 Å². The number of rotatable bonds is 49. The lowest BCUT2D eigenvalue weighted by Crippen LogP contribution is -2.70. The van der Waals surface area contributed by atoms with Crippen molar-refractivity contribution in [3.05, 3.63) is 0 Å². The number of carbonyl (C=O) groups excluding carboxylic acids is 16. The summed E-state index contributed by atoms with van der Waals surface area (Å²) in [5, 5.41) is 144. The van der Waals surface area contributed by atoms with E-state index in [0.717, 1.165) is 62.3 Å². The minimum absolute atomic E-state index is 0.0665. The van der Waals surface area contributed by atoms with E-state index in [1.807, 2.05) is 0 Å². The van der Waals surface area contributed by atoms with Gasteiger partial charge >= 0.3 is 5.97 Å². The molecule has 4 heterocycles. The van der Waals surface area contributed by atoms with Gasteiger partial charge < -0.3 is 187 Å². The Morgan fingerprint density at radius 1 is 0.347 bits per heavy atom. The number of aliphatic carboxylic acids is 1. The van der Waals surface area contributed by atoms with Gasteiger partial charge in [-0.3, -0.25) is 76.7 Å². The second-order valence-corrected chi connectivity index (χ2v) is 30.1. The second-order valence-electron chi connectivity index (χ2n) is 30.1. The molecule has 0 aromatic rings. The number of primary amides is 4. The molecular formula is C71H119N17O36. The summed E-state index contributed by atoms with van der Waals surface area (Å²) in [5.41, 5.74) is 27.8. The van der Waals surface area contributed by atoms with Crippen molar-refractivity contribution >= 4 is 100 Å². The van der Waals surface area contributed by atoms with E-state index in [1.165, 1.54) is 0 Å². The van der Waals surface area contributed by atoms with E-state index >= 15 is 0 Å². The Morgan fingerprint density at radius 2 is 0.653 bits per heavy atom. The van der Waals surface area contributed by atoms with E-state index in [4.69, 9.17) is 66.6 Å². The largest absolute Gasteiger partial charge is 0.480 e. The molecule has 0 spiro atoms. The fourth-order valence-corrected chi connectivity index (χ4v) is 13.4. The molecule has 0 radical (unpaired) electrons. The molecule has 0 saturated carbocycles.